The van der Waals surface area contributed by atoms with Gasteiger partial charge in [0.1, 0.15) is 0 Å². The molecule has 0 heterocycles. The Hall–Kier alpha value is -1.01. The molecule has 108 valence electrons. The predicted molar refractivity (Wildman–Crippen MR) is 68.8 cm³/mol. The Morgan fingerprint density at radius 1 is 1.16 bits per heavy atom. The number of halogens is 2. The van der Waals surface area contributed by atoms with E-state index in [1.54, 1.807) is 0 Å². The van der Waals surface area contributed by atoms with E-state index in [0.29, 0.717) is 12.0 Å². The second-order valence-electron chi connectivity index (χ2n) is 5.54. The van der Waals surface area contributed by atoms with Crippen LogP contribution in [0.15, 0.2) is 29.2 Å². The second-order valence-corrected chi connectivity index (χ2v) is 7.45. The van der Waals surface area contributed by atoms with E-state index in [1.165, 1.54) is 12.1 Å². The maximum absolute atomic E-state index is 12.3. The van der Waals surface area contributed by atoms with Crippen molar-refractivity contribution in [3.8, 4) is 0 Å². The Bertz CT molecular complexity index is 516. The molecule has 1 aromatic carbocycles. The molecule has 1 aromatic rings. The van der Waals surface area contributed by atoms with E-state index < -0.39 is 26.6 Å². The number of benzene rings is 1. The van der Waals surface area contributed by atoms with Gasteiger partial charge in [0.05, 0.1) is 11.0 Å². The van der Waals surface area contributed by atoms with Crippen LogP contribution in [-0.2, 0) is 16.3 Å². The summed E-state index contributed by atoms with van der Waals surface area (Å²) in [4.78, 5) is -0.406. The summed E-state index contributed by atoms with van der Waals surface area (Å²) in [6.07, 6.45) is -0.247. The quantitative estimate of drug-likeness (QED) is 0.928. The van der Waals surface area contributed by atoms with Crippen molar-refractivity contribution in [2.24, 2.45) is 5.41 Å². The lowest BCUT2D eigenvalue weighted by atomic mass is 9.85. The lowest BCUT2D eigenvalue weighted by Gasteiger charge is -2.25. The molecule has 1 rings (SSSR count). The van der Waals surface area contributed by atoms with Crippen molar-refractivity contribution < 1.29 is 22.3 Å². The number of rotatable bonds is 4. The molecular weight excluding hydrogens is 274 g/mol. The molecule has 0 spiro atoms. The Morgan fingerprint density at radius 3 is 2.00 bits per heavy atom. The zero-order chi connectivity index (χ0) is 14.8. The highest BCUT2D eigenvalue weighted by Gasteiger charge is 2.27. The second kappa shape index (κ2) is 5.54. The van der Waals surface area contributed by atoms with Crippen molar-refractivity contribution in [2.75, 3.05) is 0 Å². The minimum Gasteiger partial charge on any atom is -0.392 e. The van der Waals surface area contributed by atoms with Gasteiger partial charge in [-0.15, -0.1) is 0 Å². The molecule has 0 aliphatic rings. The largest absolute Gasteiger partial charge is 0.392 e. The summed E-state index contributed by atoms with van der Waals surface area (Å²) in [5.41, 5.74) is 0.406. The van der Waals surface area contributed by atoms with Gasteiger partial charge in [0.2, 0.25) is 9.84 Å². The maximum atomic E-state index is 12.3. The van der Waals surface area contributed by atoms with Gasteiger partial charge in [-0.05, 0) is 29.5 Å². The molecule has 0 radical (unpaired) electrons. The van der Waals surface area contributed by atoms with Gasteiger partial charge >= 0.3 is 5.76 Å². The highest BCUT2D eigenvalue weighted by molar-refractivity contribution is 7.91. The van der Waals surface area contributed by atoms with Crippen LogP contribution in [0.1, 0.15) is 26.3 Å². The highest BCUT2D eigenvalue weighted by atomic mass is 32.2. The van der Waals surface area contributed by atoms with Crippen molar-refractivity contribution in [3.05, 3.63) is 29.8 Å². The average molecular weight is 292 g/mol. The van der Waals surface area contributed by atoms with Crippen molar-refractivity contribution in [3.63, 3.8) is 0 Å². The number of hydrogen-bond donors (Lipinski definition) is 1. The first kappa shape index (κ1) is 16.0. The van der Waals surface area contributed by atoms with E-state index in [0.717, 1.165) is 12.1 Å². The first-order chi connectivity index (χ1) is 8.55. The Labute approximate surface area is 112 Å². The summed E-state index contributed by atoms with van der Waals surface area (Å²) in [5.74, 6) is -3.42. The Morgan fingerprint density at radius 2 is 1.63 bits per heavy atom. The molecule has 19 heavy (non-hydrogen) atoms. The molecule has 1 atom stereocenters. The van der Waals surface area contributed by atoms with Crippen molar-refractivity contribution in [2.45, 2.75) is 43.9 Å². The lowest BCUT2D eigenvalue weighted by molar-refractivity contribution is 0.0636. The van der Waals surface area contributed by atoms with E-state index >= 15 is 0 Å². The fraction of sp³-hybridized carbons (Fsp3) is 0.538. The summed E-state index contributed by atoms with van der Waals surface area (Å²) in [7, 11) is -4.55. The molecule has 0 fully saturated rings. The van der Waals surface area contributed by atoms with Crippen LogP contribution in [0.3, 0.4) is 0 Å². The fourth-order valence-corrected chi connectivity index (χ4v) is 2.17. The summed E-state index contributed by atoms with van der Waals surface area (Å²) in [6, 6.07) is 5.19. The smallest absolute Gasteiger partial charge is 0.341 e. The first-order valence-corrected chi connectivity index (χ1v) is 7.39. The van der Waals surface area contributed by atoms with E-state index in [1.807, 2.05) is 20.8 Å². The molecule has 0 amide bonds. The number of sulfone groups is 1. The van der Waals surface area contributed by atoms with Crippen molar-refractivity contribution >= 4 is 9.84 Å². The summed E-state index contributed by atoms with van der Waals surface area (Å²) >= 11 is 0. The third kappa shape index (κ3) is 3.98. The number of hydrogen-bond acceptors (Lipinski definition) is 3. The predicted octanol–water partition coefficient (Wildman–Crippen LogP) is 2.63. The SMILES string of the molecule is CC(C)(C)C(O)Cc1ccc(S(=O)(=O)C(F)F)cc1. The minimum absolute atomic E-state index is 0.298. The van der Waals surface area contributed by atoms with Gasteiger partial charge in [0, 0.05) is 0 Å². The van der Waals surface area contributed by atoms with Gasteiger partial charge in [-0.1, -0.05) is 32.9 Å². The third-order valence-electron chi connectivity index (χ3n) is 2.92. The van der Waals surface area contributed by atoms with Gasteiger partial charge in [0.25, 0.3) is 0 Å². The maximum Gasteiger partial charge on any atom is 0.341 e. The van der Waals surface area contributed by atoms with E-state index in [-0.39, 0.29) is 5.41 Å². The van der Waals surface area contributed by atoms with Gasteiger partial charge < -0.3 is 5.11 Å². The topological polar surface area (TPSA) is 54.4 Å². The monoisotopic (exact) mass is 292 g/mol. The molecule has 1 unspecified atom stereocenters. The third-order valence-corrected chi connectivity index (χ3v) is 4.31. The summed E-state index contributed by atoms with van der Waals surface area (Å²) in [6.45, 7) is 5.65. The molecule has 0 bridgehead atoms. The standard InChI is InChI=1S/C13H18F2O3S/c1-13(2,3)11(16)8-9-4-6-10(7-5-9)19(17,18)12(14)15/h4-7,11-12,16H,8H2,1-3H3. The Kier molecular flexibility index (Phi) is 4.68. The lowest BCUT2D eigenvalue weighted by Crippen LogP contribution is -2.28. The van der Waals surface area contributed by atoms with Crippen LogP contribution in [0.2, 0.25) is 0 Å². The van der Waals surface area contributed by atoms with Crippen LogP contribution in [0.5, 0.6) is 0 Å². The highest BCUT2D eigenvalue weighted by Crippen LogP contribution is 2.24. The molecule has 3 nitrogen and oxygen atoms in total. The summed E-state index contributed by atoms with van der Waals surface area (Å²) in [5, 5.41) is 9.92. The van der Waals surface area contributed by atoms with Crippen LogP contribution in [0, 0.1) is 5.41 Å². The van der Waals surface area contributed by atoms with Crippen LogP contribution in [0.4, 0.5) is 8.78 Å². The molecule has 1 N–H and O–H groups in total. The summed E-state index contributed by atoms with van der Waals surface area (Å²) < 4.78 is 47.1. The van der Waals surface area contributed by atoms with Crippen LogP contribution in [-0.4, -0.2) is 25.4 Å². The van der Waals surface area contributed by atoms with Gasteiger partial charge in [-0.2, -0.15) is 8.78 Å². The number of aliphatic hydroxyl groups excluding tert-OH is 1. The number of aliphatic hydroxyl groups is 1. The molecular formula is C13H18F2O3S. The number of alkyl halides is 2. The van der Waals surface area contributed by atoms with Crippen LogP contribution >= 0.6 is 0 Å². The fourth-order valence-electron chi connectivity index (χ4n) is 1.45. The first-order valence-electron chi connectivity index (χ1n) is 5.84. The zero-order valence-electron chi connectivity index (χ0n) is 11.1. The molecule has 0 aliphatic heterocycles. The van der Waals surface area contributed by atoms with E-state index in [2.05, 4.69) is 0 Å². The molecule has 0 saturated heterocycles. The van der Waals surface area contributed by atoms with Crippen LogP contribution < -0.4 is 0 Å². The molecule has 0 aliphatic carbocycles. The van der Waals surface area contributed by atoms with Gasteiger partial charge in [-0.3, -0.25) is 0 Å². The molecule has 6 heteroatoms. The van der Waals surface area contributed by atoms with E-state index in [9.17, 15) is 22.3 Å². The van der Waals surface area contributed by atoms with Crippen molar-refractivity contribution in [1.82, 2.24) is 0 Å². The van der Waals surface area contributed by atoms with Gasteiger partial charge in [-0.25, -0.2) is 8.42 Å². The zero-order valence-corrected chi connectivity index (χ0v) is 11.9. The minimum atomic E-state index is -4.55. The van der Waals surface area contributed by atoms with Crippen LogP contribution in [0.25, 0.3) is 0 Å². The normalized spacial score (nSPS) is 14.7. The Balaban J connectivity index is 2.90. The van der Waals surface area contributed by atoms with Gasteiger partial charge in [0.15, 0.2) is 0 Å². The molecule has 0 aromatic heterocycles. The molecule has 0 saturated carbocycles. The average Bonchev–Trinajstić information content (AvgIpc) is 2.28. The van der Waals surface area contributed by atoms with E-state index in [4.69, 9.17) is 0 Å². The van der Waals surface area contributed by atoms with Crippen molar-refractivity contribution in [1.29, 1.82) is 0 Å².